The minimum Gasteiger partial charge on any atom is -0.296 e. The highest BCUT2D eigenvalue weighted by molar-refractivity contribution is 7.15. The van der Waals surface area contributed by atoms with E-state index in [1.54, 1.807) is 23.3 Å². The van der Waals surface area contributed by atoms with Crippen LogP contribution in [0.5, 0.6) is 0 Å². The van der Waals surface area contributed by atoms with E-state index >= 15 is 0 Å². The summed E-state index contributed by atoms with van der Waals surface area (Å²) in [4.78, 5) is 22.1. The number of benzene rings is 2. The van der Waals surface area contributed by atoms with E-state index in [0.717, 1.165) is 22.5 Å². The van der Waals surface area contributed by atoms with Gasteiger partial charge in [-0.05, 0) is 29.8 Å². The summed E-state index contributed by atoms with van der Waals surface area (Å²) in [6.45, 7) is 0. The lowest BCUT2D eigenvalue weighted by atomic mass is 10.1. The Morgan fingerprint density at radius 3 is 2.78 bits per heavy atom. The molecule has 4 rings (SSSR count). The Bertz CT molecular complexity index is 1070. The topological polar surface area (TPSA) is 59.8 Å². The van der Waals surface area contributed by atoms with Gasteiger partial charge in [-0.1, -0.05) is 41.9 Å². The third-order valence-corrected chi connectivity index (χ3v) is 5.09. The number of carbonyl (C=O) groups is 1. The number of para-hydroxylation sites is 1. The third-order valence-electron chi connectivity index (χ3n) is 3.95. The maximum absolute atomic E-state index is 12.7. The lowest BCUT2D eigenvalue weighted by molar-refractivity contribution is 0.102. The summed E-state index contributed by atoms with van der Waals surface area (Å²) in [7, 11) is 0. The predicted octanol–water partition coefficient (Wildman–Crippen LogP) is 4.83. The first-order valence-electron chi connectivity index (χ1n) is 8.27. The van der Waals surface area contributed by atoms with Crippen molar-refractivity contribution in [2.24, 2.45) is 0 Å². The van der Waals surface area contributed by atoms with Crippen LogP contribution in [0.1, 0.15) is 20.9 Å². The fourth-order valence-corrected chi connectivity index (χ4v) is 3.77. The SMILES string of the molecule is O=C(Nc1ncc(Cc2cccc(Cl)c2)s1)c1cncn1-c1ccccc1. The molecule has 4 aromatic rings. The number of rotatable bonds is 5. The van der Waals surface area contributed by atoms with Gasteiger partial charge in [0, 0.05) is 28.2 Å². The molecule has 134 valence electrons. The average Bonchev–Trinajstić information content (AvgIpc) is 3.32. The number of anilines is 1. The molecular weight excluding hydrogens is 380 g/mol. The summed E-state index contributed by atoms with van der Waals surface area (Å²) in [5, 5.41) is 4.12. The van der Waals surface area contributed by atoms with Gasteiger partial charge in [-0.3, -0.25) is 14.7 Å². The number of halogens is 1. The first kappa shape index (κ1) is 17.5. The molecular formula is C20H15ClN4OS. The molecule has 0 spiro atoms. The van der Waals surface area contributed by atoms with Crippen molar-refractivity contribution in [1.82, 2.24) is 14.5 Å². The van der Waals surface area contributed by atoms with Gasteiger partial charge in [-0.2, -0.15) is 0 Å². The molecule has 0 saturated heterocycles. The summed E-state index contributed by atoms with van der Waals surface area (Å²) >= 11 is 7.48. The Kier molecular flexibility index (Phi) is 5.00. The van der Waals surface area contributed by atoms with Crippen LogP contribution in [0.3, 0.4) is 0 Å². The second-order valence-corrected chi connectivity index (χ2v) is 7.43. The standard InChI is InChI=1S/C20H15ClN4OS/c21-15-6-4-5-14(9-15)10-17-11-23-20(27-17)24-19(26)18-12-22-13-25(18)16-7-2-1-3-8-16/h1-9,11-13H,10H2,(H,23,24,26). The highest BCUT2D eigenvalue weighted by Gasteiger charge is 2.15. The number of thiazole rings is 1. The molecule has 27 heavy (non-hydrogen) atoms. The number of hydrogen-bond donors (Lipinski definition) is 1. The third kappa shape index (κ3) is 4.07. The summed E-state index contributed by atoms with van der Waals surface area (Å²) < 4.78 is 1.75. The number of imidazole rings is 1. The summed E-state index contributed by atoms with van der Waals surface area (Å²) in [5.41, 5.74) is 2.43. The molecule has 0 aliphatic rings. The first-order valence-corrected chi connectivity index (χ1v) is 9.47. The number of nitrogens with one attached hydrogen (secondary N) is 1. The average molecular weight is 395 g/mol. The fourth-order valence-electron chi connectivity index (χ4n) is 2.71. The molecule has 0 aliphatic heterocycles. The van der Waals surface area contributed by atoms with E-state index in [1.807, 2.05) is 54.6 Å². The molecule has 0 saturated carbocycles. The second kappa shape index (κ2) is 7.73. The van der Waals surface area contributed by atoms with Crippen molar-refractivity contribution in [3.8, 4) is 5.69 Å². The van der Waals surface area contributed by atoms with Gasteiger partial charge < -0.3 is 0 Å². The van der Waals surface area contributed by atoms with E-state index in [1.165, 1.54) is 11.3 Å². The monoisotopic (exact) mass is 394 g/mol. The van der Waals surface area contributed by atoms with Gasteiger partial charge in [0.15, 0.2) is 5.13 Å². The van der Waals surface area contributed by atoms with E-state index in [9.17, 15) is 4.79 Å². The second-order valence-electron chi connectivity index (χ2n) is 5.88. The molecule has 7 heteroatoms. The summed E-state index contributed by atoms with van der Waals surface area (Å²) in [6.07, 6.45) is 5.66. The van der Waals surface area contributed by atoms with E-state index in [4.69, 9.17) is 11.6 Å². The minimum atomic E-state index is -0.250. The molecule has 2 heterocycles. The van der Waals surface area contributed by atoms with Crippen molar-refractivity contribution < 1.29 is 4.79 Å². The Balaban J connectivity index is 1.48. The van der Waals surface area contributed by atoms with Gasteiger partial charge in [0.2, 0.25) is 0 Å². The normalized spacial score (nSPS) is 10.7. The minimum absolute atomic E-state index is 0.250. The van der Waals surface area contributed by atoms with Crippen LogP contribution in [0, 0.1) is 0 Å². The lowest BCUT2D eigenvalue weighted by Gasteiger charge is -2.07. The highest BCUT2D eigenvalue weighted by Crippen LogP contribution is 2.23. The van der Waals surface area contributed by atoms with Crippen molar-refractivity contribution in [1.29, 1.82) is 0 Å². The van der Waals surface area contributed by atoms with Crippen LogP contribution in [0.4, 0.5) is 5.13 Å². The van der Waals surface area contributed by atoms with Gasteiger partial charge >= 0.3 is 0 Å². The Morgan fingerprint density at radius 1 is 1.11 bits per heavy atom. The molecule has 0 bridgehead atoms. The van der Waals surface area contributed by atoms with Crippen LogP contribution in [0.2, 0.25) is 5.02 Å². The van der Waals surface area contributed by atoms with E-state index in [2.05, 4.69) is 15.3 Å². The lowest BCUT2D eigenvalue weighted by Crippen LogP contribution is -2.15. The quantitative estimate of drug-likeness (QED) is 0.527. The summed E-state index contributed by atoms with van der Waals surface area (Å²) in [5.74, 6) is -0.250. The number of hydrogen-bond acceptors (Lipinski definition) is 4. The van der Waals surface area contributed by atoms with Crippen LogP contribution >= 0.6 is 22.9 Å². The zero-order valence-electron chi connectivity index (χ0n) is 14.2. The van der Waals surface area contributed by atoms with Crippen LogP contribution in [-0.2, 0) is 6.42 Å². The maximum atomic E-state index is 12.7. The first-order chi connectivity index (χ1) is 13.2. The van der Waals surface area contributed by atoms with Gasteiger partial charge in [0.25, 0.3) is 5.91 Å². The zero-order valence-corrected chi connectivity index (χ0v) is 15.7. The number of aromatic nitrogens is 3. The van der Waals surface area contributed by atoms with E-state index < -0.39 is 0 Å². The van der Waals surface area contributed by atoms with Crippen molar-refractivity contribution in [3.05, 3.63) is 94.5 Å². The smallest absolute Gasteiger partial charge is 0.276 e. The molecule has 2 aromatic heterocycles. The Labute approximate surface area is 165 Å². The molecule has 2 aromatic carbocycles. The van der Waals surface area contributed by atoms with Crippen LogP contribution in [0.15, 0.2) is 73.3 Å². The van der Waals surface area contributed by atoms with E-state index in [-0.39, 0.29) is 5.91 Å². The van der Waals surface area contributed by atoms with Gasteiger partial charge in [-0.25, -0.2) is 9.97 Å². The molecule has 0 unspecified atom stereocenters. The van der Waals surface area contributed by atoms with Crippen LogP contribution < -0.4 is 5.32 Å². The highest BCUT2D eigenvalue weighted by atomic mass is 35.5. The van der Waals surface area contributed by atoms with Crippen LogP contribution in [-0.4, -0.2) is 20.4 Å². The Hall–Kier alpha value is -2.96. The van der Waals surface area contributed by atoms with Crippen molar-refractivity contribution in [3.63, 3.8) is 0 Å². The number of nitrogens with zero attached hydrogens (tertiary/aromatic N) is 3. The number of amides is 1. The van der Waals surface area contributed by atoms with Crippen molar-refractivity contribution in [2.75, 3.05) is 5.32 Å². The fraction of sp³-hybridized carbons (Fsp3) is 0.0500. The van der Waals surface area contributed by atoms with E-state index in [0.29, 0.717) is 15.8 Å². The molecule has 0 fully saturated rings. The van der Waals surface area contributed by atoms with Gasteiger partial charge in [-0.15, -0.1) is 11.3 Å². The summed E-state index contributed by atoms with van der Waals surface area (Å²) in [6, 6.07) is 17.3. The van der Waals surface area contributed by atoms with Crippen LogP contribution in [0.25, 0.3) is 5.69 Å². The zero-order chi connectivity index (χ0) is 18.6. The van der Waals surface area contributed by atoms with Crippen molar-refractivity contribution >= 4 is 34.0 Å². The number of carbonyl (C=O) groups excluding carboxylic acids is 1. The Morgan fingerprint density at radius 2 is 1.96 bits per heavy atom. The van der Waals surface area contributed by atoms with Gasteiger partial charge in [0.05, 0.1) is 12.5 Å². The van der Waals surface area contributed by atoms with Gasteiger partial charge in [0.1, 0.15) is 5.69 Å². The molecule has 1 amide bonds. The molecule has 5 nitrogen and oxygen atoms in total. The largest absolute Gasteiger partial charge is 0.296 e. The maximum Gasteiger partial charge on any atom is 0.276 e. The predicted molar refractivity (Wildman–Crippen MR) is 108 cm³/mol. The molecule has 0 radical (unpaired) electrons. The van der Waals surface area contributed by atoms with Crippen molar-refractivity contribution in [2.45, 2.75) is 6.42 Å². The molecule has 0 aliphatic carbocycles. The molecule has 1 N–H and O–H groups in total. The molecule has 0 atom stereocenters.